The summed E-state index contributed by atoms with van der Waals surface area (Å²) in [6.45, 7) is 2.81. The number of nitrogens with one attached hydrogen (secondary N) is 1. The number of benzene rings is 1. The highest BCUT2D eigenvalue weighted by atomic mass is 79.9. The predicted octanol–water partition coefficient (Wildman–Crippen LogP) is 2.78. The van der Waals surface area contributed by atoms with Gasteiger partial charge in [0.15, 0.2) is 6.54 Å². The molecule has 4 atom stereocenters. The van der Waals surface area contributed by atoms with Crippen LogP contribution in [0.3, 0.4) is 0 Å². The van der Waals surface area contributed by atoms with Gasteiger partial charge in [0.25, 0.3) is 5.91 Å². The Morgan fingerprint density at radius 2 is 2.10 bits per heavy atom. The molecule has 0 heterocycles. The van der Waals surface area contributed by atoms with Crippen LogP contribution in [0, 0.1) is 17.8 Å². The molecule has 1 aromatic carbocycles. The van der Waals surface area contributed by atoms with E-state index in [1.54, 1.807) is 0 Å². The fraction of sp³-hybridized carbons (Fsp3) is 0.588. The highest BCUT2D eigenvalue weighted by Gasteiger charge is 2.43. The molecule has 21 heavy (non-hydrogen) atoms. The van der Waals surface area contributed by atoms with Crippen LogP contribution < -0.4 is 10.6 Å². The summed E-state index contributed by atoms with van der Waals surface area (Å²) in [5.41, 5.74) is 0.865. The van der Waals surface area contributed by atoms with Crippen molar-refractivity contribution in [1.82, 2.24) is 0 Å². The molecule has 2 aliphatic carbocycles. The van der Waals surface area contributed by atoms with Gasteiger partial charge < -0.3 is 10.6 Å². The zero-order chi connectivity index (χ0) is 14.8. The molecule has 3 nitrogen and oxygen atoms in total. The van der Waals surface area contributed by atoms with E-state index in [2.05, 4.69) is 33.5 Å². The van der Waals surface area contributed by atoms with Crippen molar-refractivity contribution in [3.05, 3.63) is 28.7 Å². The van der Waals surface area contributed by atoms with Crippen LogP contribution in [0.5, 0.6) is 0 Å². The Morgan fingerprint density at radius 3 is 2.71 bits per heavy atom. The third kappa shape index (κ3) is 3.67. The second-order valence-electron chi connectivity index (χ2n) is 6.69. The van der Waals surface area contributed by atoms with Crippen molar-refractivity contribution in [1.29, 1.82) is 0 Å². The topological polar surface area (TPSA) is 45.7 Å². The number of nitrogens with two attached hydrogens (primary N) is 1. The zero-order valence-corrected chi connectivity index (χ0v) is 14.1. The van der Waals surface area contributed by atoms with Crippen molar-refractivity contribution < 1.29 is 10.1 Å². The number of halogens is 1. The van der Waals surface area contributed by atoms with Gasteiger partial charge in [-0.25, -0.2) is 0 Å². The Morgan fingerprint density at radius 1 is 1.33 bits per heavy atom. The van der Waals surface area contributed by atoms with Crippen molar-refractivity contribution in [3.8, 4) is 0 Å². The maximum absolute atomic E-state index is 12.0. The summed E-state index contributed by atoms with van der Waals surface area (Å²) in [5.74, 6) is 2.82. The molecule has 2 aliphatic rings. The van der Waals surface area contributed by atoms with Crippen molar-refractivity contribution in [2.75, 3.05) is 11.9 Å². The minimum Gasteiger partial charge on any atom is -0.336 e. The zero-order valence-electron chi connectivity index (χ0n) is 12.5. The maximum Gasteiger partial charge on any atom is 0.279 e. The normalized spacial score (nSPS) is 28.6. The molecule has 0 aromatic heterocycles. The molecule has 3 N–H and O–H groups in total. The molecule has 0 unspecified atom stereocenters. The lowest BCUT2D eigenvalue weighted by Crippen LogP contribution is -2.92. The lowest BCUT2D eigenvalue weighted by Gasteiger charge is -2.25. The minimum atomic E-state index is 0.0901. The monoisotopic (exact) mass is 351 g/mol. The number of quaternary nitrogens is 1. The van der Waals surface area contributed by atoms with Gasteiger partial charge in [-0.1, -0.05) is 22.4 Å². The molecule has 2 saturated carbocycles. The summed E-state index contributed by atoms with van der Waals surface area (Å²) >= 11 is 3.40. The first-order chi connectivity index (χ1) is 10.1. The fourth-order valence-electron chi connectivity index (χ4n) is 4.15. The van der Waals surface area contributed by atoms with Crippen LogP contribution in [0.25, 0.3) is 0 Å². The number of carbonyl (C=O) groups is 1. The van der Waals surface area contributed by atoms with Gasteiger partial charge in [-0.15, -0.1) is 0 Å². The second-order valence-corrected chi connectivity index (χ2v) is 7.61. The Kier molecular flexibility index (Phi) is 4.65. The Labute approximate surface area is 135 Å². The van der Waals surface area contributed by atoms with E-state index >= 15 is 0 Å². The van der Waals surface area contributed by atoms with E-state index in [1.807, 2.05) is 24.3 Å². The van der Waals surface area contributed by atoms with Gasteiger partial charge >= 0.3 is 0 Å². The Bertz CT molecular complexity index is 502. The number of hydrogen-bond donors (Lipinski definition) is 2. The highest BCUT2D eigenvalue weighted by molar-refractivity contribution is 9.10. The van der Waals surface area contributed by atoms with Gasteiger partial charge in [-0.2, -0.15) is 0 Å². The average molecular weight is 352 g/mol. The average Bonchev–Trinajstić information content (AvgIpc) is 3.10. The predicted molar refractivity (Wildman–Crippen MR) is 88.0 cm³/mol. The summed E-state index contributed by atoms with van der Waals surface area (Å²) in [6.07, 6.45) is 5.68. The first-order valence-corrected chi connectivity index (χ1v) is 8.80. The summed E-state index contributed by atoms with van der Waals surface area (Å²) < 4.78 is 1.02. The number of fused-ring (bicyclic) bond motifs is 2. The quantitative estimate of drug-likeness (QED) is 0.841. The van der Waals surface area contributed by atoms with Crippen LogP contribution >= 0.6 is 15.9 Å². The lowest BCUT2D eigenvalue weighted by molar-refractivity contribution is -0.683. The summed E-state index contributed by atoms with van der Waals surface area (Å²) in [6, 6.07) is 8.29. The van der Waals surface area contributed by atoms with E-state index in [9.17, 15) is 4.79 Å². The van der Waals surface area contributed by atoms with E-state index in [-0.39, 0.29) is 5.91 Å². The first kappa shape index (κ1) is 15.0. The van der Waals surface area contributed by atoms with E-state index in [0.29, 0.717) is 12.6 Å². The van der Waals surface area contributed by atoms with Crippen molar-refractivity contribution in [2.45, 2.75) is 38.6 Å². The van der Waals surface area contributed by atoms with Gasteiger partial charge in [0.2, 0.25) is 0 Å². The third-order valence-electron chi connectivity index (χ3n) is 5.27. The van der Waals surface area contributed by atoms with E-state index in [1.165, 1.54) is 25.7 Å². The van der Waals surface area contributed by atoms with E-state index in [4.69, 9.17) is 0 Å². The number of anilines is 1. The van der Waals surface area contributed by atoms with Crippen LogP contribution in [-0.2, 0) is 4.79 Å². The second kappa shape index (κ2) is 6.49. The molecule has 0 radical (unpaired) electrons. The van der Waals surface area contributed by atoms with Gasteiger partial charge in [-0.05, 0) is 62.3 Å². The van der Waals surface area contributed by atoms with Crippen LogP contribution in [-0.4, -0.2) is 18.5 Å². The highest BCUT2D eigenvalue weighted by Crippen LogP contribution is 2.48. The molecular formula is C17H24BrN2O+. The SMILES string of the molecule is C[C@H]([NH2+]CC(=O)Nc1ccc(Br)cc1)[C@H]1C[C@@H]2CC[C@H]1C2. The lowest BCUT2D eigenvalue weighted by atomic mass is 9.84. The Hall–Kier alpha value is -0.870. The van der Waals surface area contributed by atoms with E-state index in [0.717, 1.165) is 27.9 Å². The van der Waals surface area contributed by atoms with Crippen LogP contribution in [0.2, 0.25) is 0 Å². The number of carbonyl (C=O) groups excluding carboxylic acids is 1. The molecule has 1 aromatic rings. The molecule has 4 heteroatoms. The van der Waals surface area contributed by atoms with E-state index < -0.39 is 0 Å². The molecule has 1 amide bonds. The molecule has 2 fully saturated rings. The standard InChI is InChI=1S/C17H23BrN2O/c1-11(16-9-12-2-3-13(16)8-12)19-10-17(21)20-15-6-4-14(18)5-7-15/h4-7,11-13,16,19H,2-3,8-10H2,1H3,(H,20,21)/p+1/t11-,12+,13-,16+/m0/s1. The van der Waals surface area contributed by atoms with Gasteiger partial charge in [0.1, 0.15) is 0 Å². The summed E-state index contributed by atoms with van der Waals surface area (Å²) in [7, 11) is 0. The van der Waals surface area contributed by atoms with Gasteiger partial charge in [0.05, 0.1) is 6.04 Å². The van der Waals surface area contributed by atoms with Gasteiger partial charge in [0, 0.05) is 16.1 Å². The molecule has 0 saturated heterocycles. The molecule has 114 valence electrons. The van der Waals surface area contributed by atoms with Crippen LogP contribution in [0.15, 0.2) is 28.7 Å². The van der Waals surface area contributed by atoms with Crippen LogP contribution in [0.4, 0.5) is 5.69 Å². The van der Waals surface area contributed by atoms with Crippen molar-refractivity contribution >= 4 is 27.5 Å². The summed E-state index contributed by atoms with van der Waals surface area (Å²) in [5, 5.41) is 5.18. The molecule has 0 aliphatic heterocycles. The minimum absolute atomic E-state index is 0.0901. The van der Waals surface area contributed by atoms with Crippen molar-refractivity contribution in [3.63, 3.8) is 0 Å². The molecule has 3 rings (SSSR count). The Balaban J connectivity index is 1.44. The number of rotatable bonds is 5. The first-order valence-electron chi connectivity index (χ1n) is 8.00. The maximum atomic E-state index is 12.0. The molecular weight excluding hydrogens is 328 g/mol. The fourth-order valence-corrected chi connectivity index (χ4v) is 4.42. The molecule has 2 bridgehead atoms. The van der Waals surface area contributed by atoms with Gasteiger partial charge in [-0.3, -0.25) is 4.79 Å². The summed E-state index contributed by atoms with van der Waals surface area (Å²) in [4.78, 5) is 12.0. The number of amides is 1. The molecule has 0 spiro atoms. The largest absolute Gasteiger partial charge is 0.336 e. The van der Waals surface area contributed by atoms with Crippen LogP contribution in [0.1, 0.15) is 32.6 Å². The third-order valence-corrected chi connectivity index (χ3v) is 5.80. The smallest absolute Gasteiger partial charge is 0.279 e. The number of hydrogen-bond acceptors (Lipinski definition) is 1. The van der Waals surface area contributed by atoms with Crippen molar-refractivity contribution in [2.24, 2.45) is 17.8 Å².